The molecular formula is C10H16ClNO. The second kappa shape index (κ2) is 2.28. The largest absolute Gasteiger partial charge is 0.181 e. The van der Waals surface area contributed by atoms with Crippen molar-refractivity contribution < 1.29 is 0 Å². The molecule has 2 aliphatic rings. The van der Waals surface area contributed by atoms with Gasteiger partial charge in [0.1, 0.15) is 0 Å². The van der Waals surface area contributed by atoms with E-state index in [9.17, 15) is 4.91 Å². The molecule has 13 heavy (non-hydrogen) atoms. The predicted molar refractivity (Wildman–Crippen MR) is 53.6 cm³/mol. The van der Waals surface area contributed by atoms with E-state index < -0.39 is 5.00 Å². The lowest BCUT2D eigenvalue weighted by Crippen LogP contribution is -2.41. The van der Waals surface area contributed by atoms with Crippen LogP contribution in [0.15, 0.2) is 5.18 Å². The summed E-state index contributed by atoms with van der Waals surface area (Å²) in [7, 11) is 0. The Bertz CT molecular complexity index is 266. The summed E-state index contributed by atoms with van der Waals surface area (Å²) < 4.78 is 0. The van der Waals surface area contributed by atoms with Crippen LogP contribution in [0.2, 0.25) is 0 Å². The first-order chi connectivity index (χ1) is 5.87. The maximum atomic E-state index is 10.8. The molecule has 3 atom stereocenters. The molecule has 74 valence electrons. The Morgan fingerprint density at radius 3 is 2.23 bits per heavy atom. The molecule has 0 spiro atoms. The molecule has 0 aliphatic heterocycles. The normalized spacial score (nSPS) is 52.5. The number of alkyl halides is 1. The van der Waals surface area contributed by atoms with Crippen molar-refractivity contribution in [1.29, 1.82) is 0 Å². The number of hydrogen-bond donors (Lipinski definition) is 0. The van der Waals surface area contributed by atoms with Gasteiger partial charge in [0.15, 0.2) is 5.00 Å². The smallest absolute Gasteiger partial charge is 0.149 e. The lowest BCUT2D eigenvalue weighted by molar-refractivity contribution is 0.121. The predicted octanol–water partition coefficient (Wildman–Crippen LogP) is 3.53. The summed E-state index contributed by atoms with van der Waals surface area (Å²) in [5.41, 5.74) is 0.0661. The van der Waals surface area contributed by atoms with Gasteiger partial charge in [0.2, 0.25) is 0 Å². The second-order valence-corrected chi connectivity index (χ2v) is 5.97. The third-order valence-corrected chi connectivity index (χ3v) is 5.58. The van der Waals surface area contributed by atoms with Gasteiger partial charge in [-0.2, -0.15) is 0 Å². The number of halogens is 1. The SMILES string of the molecule is CC1(C)[C@@H]2CC[C@@]1(C)C(Cl)(N=O)C2. The minimum atomic E-state index is -0.834. The van der Waals surface area contributed by atoms with Crippen LogP contribution in [-0.4, -0.2) is 5.00 Å². The van der Waals surface area contributed by atoms with E-state index in [0.29, 0.717) is 5.92 Å². The van der Waals surface area contributed by atoms with Crippen LogP contribution in [0.5, 0.6) is 0 Å². The number of rotatable bonds is 1. The maximum Gasteiger partial charge on any atom is 0.181 e. The lowest BCUT2D eigenvalue weighted by Gasteiger charge is -2.40. The van der Waals surface area contributed by atoms with Crippen LogP contribution >= 0.6 is 11.6 Å². The molecule has 0 heterocycles. The van der Waals surface area contributed by atoms with Gasteiger partial charge in [0, 0.05) is 5.41 Å². The fraction of sp³-hybridized carbons (Fsp3) is 1.00. The molecular weight excluding hydrogens is 186 g/mol. The highest BCUT2D eigenvalue weighted by Gasteiger charge is 2.69. The summed E-state index contributed by atoms with van der Waals surface area (Å²) in [5, 5.41) is 3.18. The average Bonchev–Trinajstić information content (AvgIpc) is 2.36. The van der Waals surface area contributed by atoms with E-state index in [2.05, 4.69) is 25.9 Å². The summed E-state index contributed by atoms with van der Waals surface area (Å²) in [6, 6.07) is 0. The fourth-order valence-electron chi connectivity index (χ4n) is 3.33. The van der Waals surface area contributed by atoms with Crippen molar-refractivity contribution >= 4 is 11.6 Å². The van der Waals surface area contributed by atoms with Crippen molar-refractivity contribution in [3.63, 3.8) is 0 Å². The second-order valence-electron chi connectivity index (χ2n) is 5.34. The van der Waals surface area contributed by atoms with Crippen LogP contribution in [-0.2, 0) is 0 Å². The highest BCUT2D eigenvalue weighted by Crippen LogP contribution is 2.71. The van der Waals surface area contributed by atoms with Gasteiger partial charge >= 0.3 is 0 Å². The molecule has 3 heteroatoms. The molecule has 2 aliphatic carbocycles. The van der Waals surface area contributed by atoms with E-state index in [1.165, 1.54) is 6.42 Å². The van der Waals surface area contributed by atoms with Crippen LogP contribution in [0.1, 0.15) is 40.0 Å². The lowest BCUT2D eigenvalue weighted by atomic mass is 9.69. The molecule has 2 saturated carbocycles. The quantitative estimate of drug-likeness (QED) is 0.363. The maximum absolute atomic E-state index is 10.8. The minimum Gasteiger partial charge on any atom is -0.149 e. The topological polar surface area (TPSA) is 29.4 Å². The van der Waals surface area contributed by atoms with Crippen LogP contribution in [0, 0.1) is 21.7 Å². The van der Waals surface area contributed by atoms with Crippen molar-refractivity contribution in [3.05, 3.63) is 4.91 Å². The van der Waals surface area contributed by atoms with E-state index in [0.717, 1.165) is 12.8 Å². The highest BCUT2D eigenvalue weighted by atomic mass is 35.5. The third kappa shape index (κ3) is 0.810. The van der Waals surface area contributed by atoms with E-state index in [4.69, 9.17) is 11.6 Å². The molecule has 0 N–H and O–H groups in total. The Morgan fingerprint density at radius 1 is 1.38 bits per heavy atom. The van der Waals surface area contributed by atoms with E-state index in [1.54, 1.807) is 0 Å². The van der Waals surface area contributed by atoms with Gasteiger partial charge < -0.3 is 0 Å². The zero-order valence-electron chi connectivity index (χ0n) is 8.43. The number of nitrogens with zero attached hydrogens (tertiary/aromatic N) is 1. The van der Waals surface area contributed by atoms with Crippen molar-refractivity contribution in [2.75, 3.05) is 0 Å². The molecule has 0 saturated heterocycles. The number of fused-ring (bicyclic) bond motifs is 2. The average molecular weight is 202 g/mol. The molecule has 2 bridgehead atoms. The molecule has 0 aromatic carbocycles. The number of hydrogen-bond acceptors (Lipinski definition) is 2. The Morgan fingerprint density at radius 2 is 2.00 bits per heavy atom. The highest BCUT2D eigenvalue weighted by molar-refractivity contribution is 6.24. The van der Waals surface area contributed by atoms with Gasteiger partial charge in [0.05, 0.1) is 0 Å². The first kappa shape index (κ1) is 9.45. The van der Waals surface area contributed by atoms with E-state index in [-0.39, 0.29) is 10.8 Å². The molecule has 2 rings (SSSR count). The van der Waals surface area contributed by atoms with Gasteiger partial charge in [-0.3, -0.25) is 0 Å². The van der Waals surface area contributed by atoms with Crippen molar-refractivity contribution in [3.8, 4) is 0 Å². The molecule has 0 aromatic heterocycles. The molecule has 2 fully saturated rings. The van der Waals surface area contributed by atoms with Crippen molar-refractivity contribution in [2.24, 2.45) is 21.9 Å². The Kier molecular flexibility index (Phi) is 1.65. The molecule has 2 nitrogen and oxygen atoms in total. The van der Waals surface area contributed by atoms with Gasteiger partial charge in [0.25, 0.3) is 0 Å². The van der Waals surface area contributed by atoms with Crippen molar-refractivity contribution in [2.45, 2.75) is 45.0 Å². The summed E-state index contributed by atoms with van der Waals surface area (Å²) in [5.74, 6) is 0.577. The van der Waals surface area contributed by atoms with Gasteiger partial charge in [-0.15, -0.1) is 4.91 Å². The standard InChI is InChI=1S/C10H16ClNO/c1-8(2)7-4-5-9(8,3)10(11,6-7)12-13/h7H,4-6H2,1-3H3/t7-,9-,10?/m1/s1. The minimum absolute atomic E-state index is 0.103. The molecule has 0 aromatic rings. The summed E-state index contributed by atoms with van der Waals surface area (Å²) >= 11 is 6.30. The van der Waals surface area contributed by atoms with Gasteiger partial charge in [-0.05, 0) is 35.8 Å². The van der Waals surface area contributed by atoms with Crippen LogP contribution in [0.3, 0.4) is 0 Å². The van der Waals surface area contributed by atoms with E-state index in [1.807, 2.05) is 0 Å². The van der Waals surface area contributed by atoms with Crippen LogP contribution in [0.4, 0.5) is 0 Å². The van der Waals surface area contributed by atoms with Crippen LogP contribution in [0.25, 0.3) is 0 Å². The first-order valence-electron chi connectivity index (χ1n) is 4.91. The molecule has 0 amide bonds. The Balaban J connectivity index is 2.49. The summed E-state index contributed by atoms with van der Waals surface area (Å²) in [4.78, 5) is 10.00. The van der Waals surface area contributed by atoms with Gasteiger partial charge in [-0.25, -0.2) is 0 Å². The Hall–Kier alpha value is -0.110. The zero-order chi connectivity index (χ0) is 9.91. The van der Waals surface area contributed by atoms with Crippen molar-refractivity contribution in [1.82, 2.24) is 0 Å². The van der Waals surface area contributed by atoms with E-state index >= 15 is 0 Å². The number of nitroso groups, excluding NO2 is 1. The van der Waals surface area contributed by atoms with Gasteiger partial charge in [-0.1, -0.05) is 32.4 Å². The fourth-order valence-corrected chi connectivity index (χ4v) is 3.85. The summed E-state index contributed by atoms with van der Waals surface area (Å²) in [6.45, 7) is 6.56. The summed E-state index contributed by atoms with van der Waals surface area (Å²) in [6.07, 6.45) is 3.01. The molecule has 1 unspecified atom stereocenters. The zero-order valence-corrected chi connectivity index (χ0v) is 9.19. The molecule has 0 radical (unpaired) electrons. The Labute approximate surface area is 84.0 Å². The third-order valence-electron chi connectivity index (χ3n) is 4.94. The first-order valence-corrected chi connectivity index (χ1v) is 5.29. The monoisotopic (exact) mass is 201 g/mol. The van der Waals surface area contributed by atoms with Crippen LogP contribution < -0.4 is 0 Å².